The van der Waals surface area contributed by atoms with Crippen LogP contribution in [0.5, 0.6) is 0 Å². The van der Waals surface area contributed by atoms with Crippen molar-refractivity contribution in [1.82, 2.24) is 19.8 Å². The Morgan fingerprint density at radius 1 is 1.00 bits per heavy atom. The molecule has 0 unspecified atom stereocenters. The Hall–Kier alpha value is -3.16. The Balaban J connectivity index is 1.22. The molecule has 5 nitrogen and oxygen atoms in total. The quantitative estimate of drug-likeness (QED) is 0.478. The Bertz CT molecular complexity index is 1210. The molecule has 1 saturated heterocycles. The van der Waals surface area contributed by atoms with Gasteiger partial charge in [0, 0.05) is 55.3 Å². The fourth-order valence-electron chi connectivity index (χ4n) is 3.90. The molecule has 156 valence electrons. The lowest BCUT2D eigenvalue weighted by Crippen LogP contribution is -2.48. The van der Waals surface area contributed by atoms with Gasteiger partial charge in [0.25, 0.3) is 5.91 Å². The summed E-state index contributed by atoms with van der Waals surface area (Å²) in [6.45, 7) is 3.73. The fraction of sp³-hybridized carbons (Fsp3) is 0.208. The van der Waals surface area contributed by atoms with E-state index in [2.05, 4.69) is 15.3 Å². The molecule has 0 N–H and O–H groups in total. The highest BCUT2D eigenvalue weighted by Gasteiger charge is 2.24. The molecule has 0 saturated carbocycles. The van der Waals surface area contributed by atoms with Crippen molar-refractivity contribution < 1.29 is 9.18 Å². The number of piperazine rings is 1. The molecule has 3 heterocycles. The first-order chi connectivity index (χ1) is 15.2. The number of benzene rings is 2. The van der Waals surface area contributed by atoms with Gasteiger partial charge in [0.2, 0.25) is 0 Å². The highest BCUT2D eigenvalue weighted by Crippen LogP contribution is 2.25. The Kier molecular flexibility index (Phi) is 5.44. The van der Waals surface area contributed by atoms with Crippen molar-refractivity contribution in [1.29, 1.82) is 0 Å². The van der Waals surface area contributed by atoms with Crippen molar-refractivity contribution >= 4 is 28.1 Å². The van der Waals surface area contributed by atoms with Gasteiger partial charge >= 0.3 is 0 Å². The third kappa shape index (κ3) is 4.19. The molecule has 4 aromatic rings. The number of carbonyl (C=O) groups is 1. The van der Waals surface area contributed by atoms with Crippen LogP contribution >= 0.6 is 11.3 Å². The van der Waals surface area contributed by atoms with E-state index in [4.69, 9.17) is 4.98 Å². The molecule has 31 heavy (non-hydrogen) atoms. The smallest absolute Gasteiger partial charge is 0.254 e. The summed E-state index contributed by atoms with van der Waals surface area (Å²) in [4.78, 5) is 26.4. The number of amides is 1. The van der Waals surface area contributed by atoms with Crippen LogP contribution in [0.15, 0.2) is 66.2 Å². The van der Waals surface area contributed by atoms with E-state index < -0.39 is 0 Å². The van der Waals surface area contributed by atoms with Gasteiger partial charge in [-0.1, -0.05) is 18.2 Å². The molecule has 1 aliphatic rings. The molecule has 0 atom stereocenters. The molecule has 5 rings (SSSR count). The topological polar surface area (TPSA) is 49.3 Å². The Morgan fingerprint density at radius 3 is 2.58 bits per heavy atom. The fourth-order valence-corrected chi connectivity index (χ4v) is 4.71. The Morgan fingerprint density at radius 2 is 1.77 bits per heavy atom. The molecule has 2 aromatic carbocycles. The van der Waals surface area contributed by atoms with Crippen molar-refractivity contribution in [2.24, 2.45) is 0 Å². The summed E-state index contributed by atoms with van der Waals surface area (Å²) in [5, 5.41) is 3.85. The van der Waals surface area contributed by atoms with Crippen LogP contribution in [-0.2, 0) is 6.54 Å². The number of para-hydroxylation sites is 1. The zero-order chi connectivity index (χ0) is 21.2. The lowest BCUT2D eigenvalue weighted by molar-refractivity contribution is 0.0629. The van der Waals surface area contributed by atoms with Gasteiger partial charge in [-0.2, -0.15) is 0 Å². The van der Waals surface area contributed by atoms with E-state index in [9.17, 15) is 9.18 Å². The number of hydrogen-bond donors (Lipinski definition) is 0. The van der Waals surface area contributed by atoms with Gasteiger partial charge in [-0.05, 0) is 36.4 Å². The van der Waals surface area contributed by atoms with Gasteiger partial charge in [0.15, 0.2) is 0 Å². The van der Waals surface area contributed by atoms with E-state index in [1.807, 2.05) is 35.2 Å². The summed E-state index contributed by atoms with van der Waals surface area (Å²) in [7, 11) is 0. The predicted molar refractivity (Wildman–Crippen MR) is 120 cm³/mol. The minimum absolute atomic E-state index is 0.0607. The van der Waals surface area contributed by atoms with Crippen LogP contribution in [0.4, 0.5) is 4.39 Å². The van der Waals surface area contributed by atoms with Gasteiger partial charge in [-0.15, -0.1) is 11.3 Å². The molecular weight excluding hydrogens is 411 g/mol. The van der Waals surface area contributed by atoms with Crippen LogP contribution in [0.2, 0.25) is 0 Å². The second kappa shape index (κ2) is 8.53. The number of fused-ring (bicyclic) bond motifs is 1. The molecule has 7 heteroatoms. The summed E-state index contributed by atoms with van der Waals surface area (Å²) < 4.78 is 13.1. The van der Waals surface area contributed by atoms with Crippen LogP contribution in [0.25, 0.3) is 21.5 Å². The minimum atomic E-state index is -0.243. The average Bonchev–Trinajstić information content (AvgIpc) is 3.27. The lowest BCUT2D eigenvalue weighted by Gasteiger charge is -2.34. The third-order valence-corrected chi connectivity index (χ3v) is 6.51. The zero-order valence-corrected chi connectivity index (χ0v) is 17.7. The molecule has 0 spiro atoms. The van der Waals surface area contributed by atoms with E-state index in [1.54, 1.807) is 29.7 Å². The maximum Gasteiger partial charge on any atom is 0.254 e. The molecule has 1 aliphatic heterocycles. The highest BCUT2D eigenvalue weighted by atomic mass is 32.1. The van der Waals surface area contributed by atoms with E-state index >= 15 is 0 Å². The molecule has 1 amide bonds. The number of thiazole rings is 1. The number of carbonyl (C=O) groups excluding carboxylic acids is 1. The predicted octanol–water partition coefficient (Wildman–Crippen LogP) is 4.46. The number of hydrogen-bond acceptors (Lipinski definition) is 5. The van der Waals surface area contributed by atoms with E-state index in [1.165, 1.54) is 12.1 Å². The lowest BCUT2D eigenvalue weighted by atomic mass is 10.1. The van der Waals surface area contributed by atoms with Gasteiger partial charge in [-0.25, -0.2) is 9.37 Å². The minimum Gasteiger partial charge on any atom is -0.336 e. The van der Waals surface area contributed by atoms with Gasteiger partial charge in [-0.3, -0.25) is 14.7 Å². The van der Waals surface area contributed by atoms with Crippen LogP contribution < -0.4 is 0 Å². The van der Waals surface area contributed by atoms with E-state index in [0.717, 1.165) is 46.8 Å². The number of aromatic nitrogens is 2. The maximum atomic E-state index is 13.1. The maximum absolute atomic E-state index is 13.1. The second-order valence-corrected chi connectivity index (χ2v) is 8.45. The number of rotatable bonds is 4. The van der Waals surface area contributed by atoms with Crippen molar-refractivity contribution in [2.45, 2.75) is 6.54 Å². The molecule has 1 fully saturated rings. The summed E-state index contributed by atoms with van der Waals surface area (Å²) >= 11 is 1.57. The standard InChI is InChI=1S/C24H21FN4OS/c25-18-7-5-17(6-8-18)23-27-19(16-31-23)15-28-11-13-29(14-12-28)24(30)21-9-10-26-22-4-2-1-3-20(21)22/h1-10,16H,11-15H2. The van der Waals surface area contributed by atoms with E-state index in [-0.39, 0.29) is 11.7 Å². The van der Waals surface area contributed by atoms with Crippen molar-refractivity contribution in [2.75, 3.05) is 26.2 Å². The summed E-state index contributed by atoms with van der Waals surface area (Å²) in [6.07, 6.45) is 1.70. The molecular formula is C24H21FN4OS. The first-order valence-electron chi connectivity index (χ1n) is 10.2. The number of pyridine rings is 1. The third-order valence-electron chi connectivity index (χ3n) is 5.57. The van der Waals surface area contributed by atoms with Crippen molar-refractivity contribution in [3.8, 4) is 10.6 Å². The molecule has 0 aliphatic carbocycles. The molecule has 2 aromatic heterocycles. The summed E-state index contributed by atoms with van der Waals surface area (Å²) in [6, 6.07) is 16.0. The van der Waals surface area contributed by atoms with Crippen LogP contribution in [-0.4, -0.2) is 51.9 Å². The number of halogens is 1. The van der Waals surface area contributed by atoms with Gasteiger partial charge in [0.1, 0.15) is 10.8 Å². The monoisotopic (exact) mass is 432 g/mol. The van der Waals surface area contributed by atoms with Crippen LogP contribution in [0.3, 0.4) is 0 Å². The average molecular weight is 433 g/mol. The van der Waals surface area contributed by atoms with Crippen molar-refractivity contribution in [3.63, 3.8) is 0 Å². The Labute approximate surface area is 183 Å². The second-order valence-electron chi connectivity index (χ2n) is 7.59. The van der Waals surface area contributed by atoms with Crippen molar-refractivity contribution in [3.05, 3.63) is 83.2 Å². The normalized spacial score (nSPS) is 14.8. The first-order valence-corrected chi connectivity index (χ1v) is 11.1. The SMILES string of the molecule is O=C(c1ccnc2ccccc12)N1CCN(Cc2csc(-c3ccc(F)cc3)n2)CC1. The van der Waals surface area contributed by atoms with Gasteiger partial charge < -0.3 is 4.90 Å². The summed E-state index contributed by atoms with van der Waals surface area (Å²) in [5.41, 5.74) is 3.48. The largest absolute Gasteiger partial charge is 0.336 e. The first kappa shape index (κ1) is 19.8. The molecule has 0 bridgehead atoms. The number of nitrogens with zero attached hydrogens (tertiary/aromatic N) is 4. The highest BCUT2D eigenvalue weighted by molar-refractivity contribution is 7.13. The zero-order valence-electron chi connectivity index (χ0n) is 16.9. The van der Waals surface area contributed by atoms with Crippen LogP contribution in [0, 0.1) is 5.82 Å². The molecule has 0 radical (unpaired) electrons. The van der Waals surface area contributed by atoms with Crippen LogP contribution in [0.1, 0.15) is 16.1 Å². The summed E-state index contributed by atoms with van der Waals surface area (Å²) in [5.74, 6) is -0.182. The van der Waals surface area contributed by atoms with Gasteiger partial charge in [0.05, 0.1) is 16.8 Å². The van der Waals surface area contributed by atoms with E-state index in [0.29, 0.717) is 18.7 Å².